The van der Waals surface area contributed by atoms with E-state index in [4.69, 9.17) is 5.73 Å². The molecule has 20 heavy (non-hydrogen) atoms. The summed E-state index contributed by atoms with van der Waals surface area (Å²) in [6.45, 7) is 1.66. The standard InChI is InChI=1S/C16H20FN3/c1-20(12-13-6-9-19-10-7-13)11-8-16(18)14-4-2-3-5-15(14)17/h2-7,9-10,16H,8,11-12,18H2,1H3. The smallest absolute Gasteiger partial charge is 0.127 e. The molecule has 0 aliphatic heterocycles. The first-order valence-corrected chi connectivity index (χ1v) is 6.74. The van der Waals surface area contributed by atoms with E-state index < -0.39 is 0 Å². The number of pyridine rings is 1. The molecule has 0 radical (unpaired) electrons. The van der Waals surface area contributed by atoms with E-state index in [1.807, 2.05) is 25.2 Å². The van der Waals surface area contributed by atoms with Gasteiger partial charge in [0.2, 0.25) is 0 Å². The van der Waals surface area contributed by atoms with Gasteiger partial charge in [-0.25, -0.2) is 4.39 Å². The number of benzene rings is 1. The number of hydrogen-bond donors (Lipinski definition) is 1. The lowest BCUT2D eigenvalue weighted by molar-refractivity contribution is 0.310. The molecule has 0 spiro atoms. The molecule has 0 saturated heterocycles. The zero-order valence-corrected chi connectivity index (χ0v) is 11.7. The maximum absolute atomic E-state index is 13.6. The minimum atomic E-state index is -0.268. The second-order valence-corrected chi connectivity index (χ2v) is 5.01. The molecule has 4 heteroatoms. The number of nitrogens with two attached hydrogens (primary N) is 1. The minimum absolute atomic E-state index is 0.225. The highest BCUT2D eigenvalue weighted by molar-refractivity contribution is 5.20. The molecular weight excluding hydrogens is 253 g/mol. The molecule has 2 rings (SSSR count). The molecule has 106 valence electrons. The van der Waals surface area contributed by atoms with Crippen LogP contribution < -0.4 is 5.73 Å². The van der Waals surface area contributed by atoms with Crippen LogP contribution in [0.4, 0.5) is 4.39 Å². The van der Waals surface area contributed by atoms with Crippen LogP contribution in [0.3, 0.4) is 0 Å². The molecule has 0 bridgehead atoms. The van der Waals surface area contributed by atoms with Crippen molar-refractivity contribution < 1.29 is 4.39 Å². The van der Waals surface area contributed by atoms with E-state index in [0.29, 0.717) is 5.56 Å². The van der Waals surface area contributed by atoms with Crippen LogP contribution in [0.25, 0.3) is 0 Å². The molecule has 0 aliphatic carbocycles. The fourth-order valence-electron chi connectivity index (χ4n) is 2.17. The van der Waals surface area contributed by atoms with E-state index in [0.717, 1.165) is 19.5 Å². The molecule has 2 N–H and O–H groups in total. The van der Waals surface area contributed by atoms with Crippen LogP contribution in [0.5, 0.6) is 0 Å². The summed E-state index contributed by atoms with van der Waals surface area (Å²) in [6, 6.07) is 10.4. The number of hydrogen-bond acceptors (Lipinski definition) is 3. The minimum Gasteiger partial charge on any atom is -0.324 e. The quantitative estimate of drug-likeness (QED) is 0.880. The summed E-state index contributed by atoms with van der Waals surface area (Å²) in [5.74, 6) is -0.225. The highest BCUT2D eigenvalue weighted by atomic mass is 19.1. The summed E-state index contributed by atoms with van der Waals surface area (Å²) in [6.07, 6.45) is 4.30. The Balaban J connectivity index is 1.84. The average molecular weight is 273 g/mol. The second-order valence-electron chi connectivity index (χ2n) is 5.01. The normalized spacial score (nSPS) is 12.6. The summed E-state index contributed by atoms with van der Waals surface area (Å²) in [5, 5.41) is 0. The van der Waals surface area contributed by atoms with E-state index in [9.17, 15) is 4.39 Å². The van der Waals surface area contributed by atoms with Crippen molar-refractivity contribution in [3.05, 3.63) is 65.7 Å². The molecule has 0 saturated carbocycles. The first-order valence-electron chi connectivity index (χ1n) is 6.74. The lowest BCUT2D eigenvalue weighted by Gasteiger charge is -2.19. The SMILES string of the molecule is CN(CCC(N)c1ccccc1F)Cc1ccncc1. The zero-order chi connectivity index (χ0) is 14.4. The van der Waals surface area contributed by atoms with E-state index >= 15 is 0 Å². The number of aromatic nitrogens is 1. The first kappa shape index (κ1) is 14.6. The van der Waals surface area contributed by atoms with Crippen molar-refractivity contribution in [2.45, 2.75) is 19.0 Å². The lowest BCUT2D eigenvalue weighted by Crippen LogP contribution is -2.23. The Kier molecular flexibility index (Phi) is 5.21. The molecule has 1 heterocycles. The van der Waals surface area contributed by atoms with Gasteiger partial charge in [-0.3, -0.25) is 4.98 Å². The van der Waals surface area contributed by atoms with Gasteiger partial charge in [0.1, 0.15) is 5.82 Å². The summed E-state index contributed by atoms with van der Waals surface area (Å²) in [7, 11) is 2.04. The van der Waals surface area contributed by atoms with Crippen LogP contribution >= 0.6 is 0 Å². The molecule has 1 aromatic heterocycles. The van der Waals surface area contributed by atoms with Crippen molar-refractivity contribution in [2.75, 3.05) is 13.6 Å². The van der Waals surface area contributed by atoms with E-state index in [1.165, 1.54) is 11.6 Å². The van der Waals surface area contributed by atoms with E-state index in [1.54, 1.807) is 24.5 Å². The van der Waals surface area contributed by atoms with Gasteiger partial charge in [0.15, 0.2) is 0 Å². The fourth-order valence-corrected chi connectivity index (χ4v) is 2.17. The summed E-state index contributed by atoms with van der Waals surface area (Å²) in [5.41, 5.74) is 7.86. The molecule has 0 aliphatic rings. The van der Waals surface area contributed by atoms with Crippen LogP contribution in [-0.4, -0.2) is 23.5 Å². The van der Waals surface area contributed by atoms with Gasteiger partial charge in [-0.2, -0.15) is 0 Å². The molecule has 0 fully saturated rings. The van der Waals surface area contributed by atoms with Gasteiger partial charge < -0.3 is 10.6 Å². The lowest BCUT2D eigenvalue weighted by atomic mass is 10.0. The molecule has 1 atom stereocenters. The topological polar surface area (TPSA) is 42.1 Å². The Bertz CT molecular complexity index is 530. The van der Waals surface area contributed by atoms with Crippen LogP contribution in [0.1, 0.15) is 23.6 Å². The van der Waals surface area contributed by atoms with Gasteiger partial charge in [0.05, 0.1) is 0 Å². The van der Waals surface area contributed by atoms with Crippen molar-refractivity contribution in [1.82, 2.24) is 9.88 Å². The van der Waals surface area contributed by atoms with Crippen LogP contribution in [0.2, 0.25) is 0 Å². The van der Waals surface area contributed by atoms with Crippen LogP contribution in [-0.2, 0) is 6.54 Å². The first-order chi connectivity index (χ1) is 9.66. The number of nitrogens with zero attached hydrogens (tertiary/aromatic N) is 2. The largest absolute Gasteiger partial charge is 0.324 e. The van der Waals surface area contributed by atoms with Crippen molar-refractivity contribution in [2.24, 2.45) is 5.73 Å². The molecule has 2 aromatic rings. The average Bonchev–Trinajstić information content (AvgIpc) is 2.46. The molecule has 0 amide bonds. The maximum Gasteiger partial charge on any atom is 0.127 e. The number of halogens is 1. The zero-order valence-electron chi connectivity index (χ0n) is 11.7. The second kappa shape index (κ2) is 7.12. The third-order valence-corrected chi connectivity index (χ3v) is 3.33. The van der Waals surface area contributed by atoms with E-state index in [2.05, 4.69) is 9.88 Å². The van der Waals surface area contributed by atoms with Gasteiger partial charge in [0.25, 0.3) is 0 Å². The predicted molar refractivity (Wildman–Crippen MR) is 78.5 cm³/mol. The third-order valence-electron chi connectivity index (χ3n) is 3.33. The molecular formula is C16H20FN3. The molecule has 1 aromatic carbocycles. The van der Waals surface area contributed by atoms with Crippen molar-refractivity contribution in [3.63, 3.8) is 0 Å². The summed E-state index contributed by atoms with van der Waals surface area (Å²) < 4.78 is 13.6. The summed E-state index contributed by atoms with van der Waals surface area (Å²) >= 11 is 0. The summed E-state index contributed by atoms with van der Waals surface area (Å²) in [4.78, 5) is 6.17. The number of rotatable bonds is 6. The Morgan fingerprint density at radius 1 is 1.20 bits per heavy atom. The highest BCUT2D eigenvalue weighted by Crippen LogP contribution is 2.17. The van der Waals surface area contributed by atoms with Gasteiger partial charge >= 0.3 is 0 Å². The van der Waals surface area contributed by atoms with Crippen LogP contribution in [0.15, 0.2) is 48.8 Å². The van der Waals surface area contributed by atoms with Crippen molar-refractivity contribution in [1.29, 1.82) is 0 Å². The van der Waals surface area contributed by atoms with Gasteiger partial charge in [-0.15, -0.1) is 0 Å². The molecule has 1 unspecified atom stereocenters. The van der Waals surface area contributed by atoms with Crippen molar-refractivity contribution in [3.8, 4) is 0 Å². The van der Waals surface area contributed by atoms with Gasteiger partial charge in [-0.1, -0.05) is 18.2 Å². The highest BCUT2D eigenvalue weighted by Gasteiger charge is 2.11. The monoisotopic (exact) mass is 273 g/mol. The Morgan fingerprint density at radius 3 is 2.60 bits per heavy atom. The van der Waals surface area contributed by atoms with Crippen LogP contribution in [0, 0.1) is 5.82 Å². The van der Waals surface area contributed by atoms with Gasteiger partial charge in [0, 0.05) is 30.5 Å². The van der Waals surface area contributed by atoms with E-state index in [-0.39, 0.29) is 11.9 Å². The third kappa shape index (κ3) is 4.11. The predicted octanol–water partition coefficient (Wildman–Crippen LogP) is 2.74. The molecule has 3 nitrogen and oxygen atoms in total. The fraction of sp³-hybridized carbons (Fsp3) is 0.312. The van der Waals surface area contributed by atoms with Gasteiger partial charge in [-0.05, 0) is 43.8 Å². The Hall–Kier alpha value is -1.78. The Morgan fingerprint density at radius 2 is 1.90 bits per heavy atom. The van der Waals surface area contributed by atoms with Crippen molar-refractivity contribution >= 4 is 0 Å². The Labute approximate surface area is 119 Å². The maximum atomic E-state index is 13.6.